The smallest absolute Gasteiger partial charge is 0.227 e. The normalized spacial score (nSPS) is 18.8. The van der Waals surface area contributed by atoms with Crippen molar-refractivity contribution < 1.29 is 4.79 Å². The van der Waals surface area contributed by atoms with Crippen LogP contribution in [0.3, 0.4) is 0 Å². The van der Waals surface area contributed by atoms with E-state index in [9.17, 15) is 4.79 Å². The monoisotopic (exact) mass is 139 g/mol. The van der Waals surface area contributed by atoms with E-state index in [1.807, 2.05) is 19.9 Å². The third-order valence-corrected chi connectivity index (χ3v) is 1.70. The van der Waals surface area contributed by atoms with E-state index in [2.05, 4.69) is 5.32 Å². The van der Waals surface area contributed by atoms with Gasteiger partial charge in [0, 0.05) is 11.6 Å². The van der Waals surface area contributed by atoms with Gasteiger partial charge in [-0.15, -0.1) is 0 Å². The maximum atomic E-state index is 11.0. The fraction of sp³-hybridized carbons (Fsp3) is 0.625. The summed E-state index contributed by atoms with van der Waals surface area (Å²) in [6, 6.07) is 0. The van der Waals surface area contributed by atoms with Crippen molar-refractivity contribution in [2.75, 3.05) is 0 Å². The summed E-state index contributed by atoms with van der Waals surface area (Å²) >= 11 is 0. The van der Waals surface area contributed by atoms with Crippen LogP contribution in [0.2, 0.25) is 0 Å². The van der Waals surface area contributed by atoms with Gasteiger partial charge in [-0.05, 0) is 26.7 Å². The van der Waals surface area contributed by atoms with Crippen LogP contribution in [0.1, 0.15) is 26.7 Å². The van der Waals surface area contributed by atoms with Crippen LogP contribution in [0.25, 0.3) is 0 Å². The Morgan fingerprint density at radius 3 is 2.60 bits per heavy atom. The Bertz CT molecular complexity index is 168. The largest absolute Gasteiger partial charge is 0.330 e. The molecule has 2 nitrogen and oxygen atoms in total. The molecule has 10 heavy (non-hydrogen) atoms. The fourth-order valence-electron chi connectivity index (χ4n) is 0.714. The maximum Gasteiger partial charge on any atom is 0.227 e. The quantitative estimate of drug-likeness (QED) is 0.616. The van der Waals surface area contributed by atoms with Gasteiger partial charge in [-0.1, -0.05) is 6.08 Å². The summed E-state index contributed by atoms with van der Waals surface area (Å²) in [7, 11) is 0. The lowest BCUT2D eigenvalue weighted by atomic mass is 10.3. The Hall–Kier alpha value is -0.790. The van der Waals surface area contributed by atoms with Gasteiger partial charge in [0.1, 0.15) is 0 Å². The third-order valence-electron chi connectivity index (χ3n) is 1.70. The molecule has 1 fully saturated rings. The van der Waals surface area contributed by atoms with E-state index in [-0.39, 0.29) is 5.91 Å². The first-order chi connectivity index (χ1) is 4.74. The van der Waals surface area contributed by atoms with Crippen molar-refractivity contribution in [1.29, 1.82) is 0 Å². The molecule has 2 heteroatoms. The number of rotatable bonds is 2. The number of hydrogen-bond acceptors (Lipinski definition) is 1. The lowest BCUT2D eigenvalue weighted by Gasteiger charge is -2.01. The molecule has 0 aromatic carbocycles. The van der Waals surface area contributed by atoms with Gasteiger partial charge in [0.2, 0.25) is 5.91 Å². The van der Waals surface area contributed by atoms with Crippen molar-refractivity contribution in [3.05, 3.63) is 11.8 Å². The highest BCUT2D eigenvalue weighted by Crippen LogP contribution is 2.28. The lowest BCUT2D eigenvalue weighted by Crippen LogP contribution is -2.22. The predicted octanol–water partition coefficient (Wildman–Crippen LogP) is 1.44. The van der Waals surface area contributed by atoms with Crippen LogP contribution in [-0.2, 0) is 4.79 Å². The molecule has 1 N–H and O–H groups in total. The number of carbonyl (C=O) groups excluding carboxylic acids is 1. The van der Waals surface area contributed by atoms with Crippen LogP contribution in [0.15, 0.2) is 11.8 Å². The third kappa shape index (κ3) is 1.87. The molecular weight excluding hydrogens is 126 g/mol. The highest BCUT2D eigenvalue weighted by molar-refractivity contribution is 5.82. The van der Waals surface area contributed by atoms with E-state index in [1.165, 1.54) is 0 Å². The second-order valence-corrected chi connectivity index (χ2v) is 2.74. The van der Waals surface area contributed by atoms with Gasteiger partial charge in [-0.25, -0.2) is 0 Å². The van der Waals surface area contributed by atoms with Gasteiger partial charge >= 0.3 is 0 Å². The van der Waals surface area contributed by atoms with Crippen molar-refractivity contribution in [3.63, 3.8) is 0 Å². The molecule has 0 saturated heterocycles. The summed E-state index contributed by atoms with van der Waals surface area (Å²) in [6.07, 6.45) is 4.05. The van der Waals surface area contributed by atoms with E-state index >= 15 is 0 Å². The molecule has 0 bridgehead atoms. The number of amides is 1. The van der Waals surface area contributed by atoms with Crippen molar-refractivity contribution in [2.24, 2.45) is 5.92 Å². The molecule has 1 aliphatic carbocycles. The van der Waals surface area contributed by atoms with Gasteiger partial charge in [0.05, 0.1) is 0 Å². The second kappa shape index (κ2) is 2.86. The molecule has 0 unspecified atom stereocenters. The van der Waals surface area contributed by atoms with Crippen molar-refractivity contribution in [3.8, 4) is 0 Å². The Morgan fingerprint density at radius 2 is 2.20 bits per heavy atom. The summed E-state index contributed by atoms with van der Waals surface area (Å²) in [5.41, 5.74) is 0.955. The van der Waals surface area contributed by atoms with Crippen LogP contribution < -0.4 is 5.32 Å². The molecular formula is C8H13NO. The summed E-state index contributed by atoms with van der Waals surface area (Å²) in [5, 5.41) is 2.81. The summed E-state index contributed by atoms with van der Waals surface area (Å²) < 4.78 is 0. The Balaban J connectivity index is 2.30. The summed E-state index contributed by atoms with van der Waals surface area (Å²) in [6.45, 7) is 3.82. The molecule has 0 radical (unpaired) electrons. The molecule has 1 aliphatic rings. The SMILES string of the molecule is CC=C(C)NC(=O)C1CC1. The molecule has 1 amide bonds. The standard InChI is InChI=1S/C8H13NO/c1-3-6(2)9-8(10)7-4-5-7/h3,7H,4-5H2,1-2H3,(H,9,10). The van der Waals surface area contributed by atoms with E-state index in [4.69, 9.17) is 0 Å². The van der Waals surface area contributed by atoms with Crippen LogP contribution in [-0.4, -0.2) is 5.91 Å². The molecule has 1 saturated carbocycles. The van der Waals surface area contributed by atoms with Crippen LogP contribution in [0.4, 0.5) is 0 Å². The minimum absolute atomic E-state index is 0.190. The summed E-state index contributed by atoms with van der Waals surface area (Å²) in [4.78, 5) is 11.0. The average Bonchev–Trinajstić information content (AvgIpc) is 2.68. The highest BCUT2D eigenvalue weighted by atomic mass is 16.2. The minimum atomic E-state index is 0.190. The van der Waals surface area contributed by atoms with E-state index in [1.54, 1.807) is 0 Å². The van der Waals surface area contributed by atoms with Crippen molar-refractivity contribution in [2.45, 2.75) is 26.7 Å². The first-order valence-electron chi connectivity index (χ1n) is 3.68. The van der Waals surface area contributed by atoms with Crippen molar-refractivity contribution in [1.82, 2.24) is 5.32 Å². The molecule has 0 spiro atoms. The number of allylic oxidation sites excluding steroid dienone is 2. The van der Waals surface area contributed by atoms with Gasteiger partial charge in [-0.2, -0.15) is 0 Å². The molecule has 0 aliphatic heterocycles. The van der Waals surface area contributed by atoms with Gasteiger partial charge in [-0.3, -0.25) is 4.79 Å². The first-order valence-corrected chi connectivity index (χ1v) is 3.68. The number of nitrogens with one attached hydrogen (secondary N) is 1. The second-order valence-electron chi connectivity index (χ2n) is 2.74. The van der Waals surface area contributed by atoms with Gasteiger partial charge < -0.3 is 5.32 Å². The van der Waals surface area contributed by atoms with Crippen LogP contribution in [0, 0.1) is 5.92 Å². The molecule has 0 aromatic rings. The number of carbonyl (C=O) groups is 1. The molecule has 0 aromatic heterocycles. The van der Waals surface area contributed by atoms with E-state index < -0.39 is 0 Å². The molecule has 0 atom stereocenters. The maximum absolute atomic E-state index is 11.0. The predicted molar refractivity (Wildman–Crippen MR) is 40.3 cm³/mol. The zero-order valence-electron chi connectivity index (χ0n) is 6.48. The molecule has 0 heterocycles. The highest BCUT2D eigenvalue weighted by Gasteiger charge is 2.29. The Kier molecular flexibility index (Phi) is 2.10. The van der Waals surface area contributed by atoms with Gasteiger partial charge in [0.15, 0.2) is 0 Å². The van der Waals surface area contributed by atoms with E-state index in [0.717, 1.165) is 18.5 Å². The Labute approximate surface area is 61.3 Å². The topological polar surface area (TPSA) is 29.1 Å². The minimum Gasteiger partial charge on any atom is -0.330 e. The zero-order valence-corrected chi connectivity index (χ0v) is 6.48. The first kappa shape index (κ1) is 7.32. The molecule has 1 rings (SSSR count). The van der Waals surface area contributed by atoms with E-state index in [0.29, 0.717) is 5.92 Å². The van der Waals surface area contributed by atoms with Gasteiger partial charge in [0.25, 0.3) is 0 Å². The van der Waals surface area contributed by atoms with Crippen LogP contribution in [0.5, 0.6) is 0 Å². The molecule has 56 valence electrons. The summed E-state index contributed by atoms with van der Waals surface area (Å²) in [5.74, 6) is 0.505. The van der Waals surface area contributed by atoms with Crippen LogP contribution >= 0.6 is 0 Å². The van der Waals surface area contributed by atoms with Crippen molar-refractivity contribution >= 4 is 5.91 Å². The Morgan fingerprint density at radius 1 is 1.60 bits per heavy atom. The number of hydrogen-bond donors (Lipinski definition) is 1. The zero-order chi connectivity index (χ0) is 7.56. The average molecular weight is 139 g/mol. The fourth-order valence-corrected chi connectivity index (χ4v) is 0.714. The lowest BCUT2D eigenvalue weighted by molar-refractivity contribution is -0.121.